The lowest BCUT2D eigenvalue weighted by atomic mass is 10.1. The predicted molar refractivity (Wildman–Crippen MR) is 132 cm³/mol. The molecule has 0 amide bonds. The number of carbonyl (C=O) groups excluding carboxylic acids is 1. The van der Waals surface area contributed by atoms with Gasteiger partial charge in [0.1, 0.15) is 11.5 Å². The van der Waals surface area contributed by atoms with Crippen molar-refractivity contribution in [3.63, 3.8) is 0 Å². The fourth-order valence-electron chi connectivity index (χ4n) is 3.98. The SMILES string of the molecule is COC(=O)/C=C(\Oc1cccc(C=N[C@@H]2CCc3ccccc32)c1)c1ccc(OC)c(OC)c1. The molecule has 0 saturated carbocycles. The maximum Gasteiger partial charge on any atom is 0.334 e. The van der Waals surface area contributed by atoms with Crippen molar-refractivity contribution in [2.75, 3.05) is 21.3 Å². The average molecular weight is 458 g/mol. The number of esters is 1. The van der Waals surface area contributed by atoms with E-state index in [1.54, 1.807) is 32.4 Å². The van der Waals surface area contributed by atoms with E-state index in [0.29, 0.717) is 28.6 Å². The molecule has 174 valence electrons. The van der Waals surface area contributed by atoms with Crippen molar-refractivity contribution in [3.8, 4) is 17.2 Å². The van der Waals surface area contributed by atoms with Crippen LogP contribution in [0.15, 0.2) is 77.8 Å². The zero-order valence-corrected chi connectivity index (χ0v) is 19.5. The Bertz CT molecular complexity index is 1230. The van der Waals surface area contributed by atoms with E-state index in [1.165, 1.54) is 24.3 Å². The molecule has 0 spiro atoms. The van der Waals surface area contributed by atoms with E-state index >= 15 is 0 Å². The molecule has 0 radical (unpaired) electrons. The molecule has 0 fully saturated rings. The Labute approximate surface area is 199 Å². The van der Waals surface area contributed by atoms with E-state index in [2.05, 4.69) is 24.3 Å². The topological polar surface area (TPSA) is 66.4 Å². The summed E-state index contributed by atoms with van der Waals surface area (Å²) < 4.78 is 21.6. The van der Waals surface area contributed by atoms with Gasteiger partial charge in [0.15, 0.2) is 11.5 Å². The summed E-state index contributed by atoms with van der Waals surface area (Å²) in [4.78, 5) is 16.8. The third-order valence-corrected chi connectivity index (χ3v) is 5.71. The number of nitrogens with zero attached hydrogens (tertiary/aromatic N) is 1. The molecule has 0 N–H and O–H groups in total. The number of aliphatic imine (C=N–C) groups is 1. The summed E-state index contributed by atoms with van der Waals surface area (Å²) in [5.41, 5.74) is 4.22. The smallest absolute Gasteiger partial charge is 0.334 e. The molecule has 3 aromatic carbocycles. The monoisotopic (exact) mass is 457 g/mol. The summed E-state index contributed by atoms with van der Waals surface area (Å²) >= 11 is 0. The number of methoxy groups -OCH3 is 3. The van der Waals surface area contributed by atoms with Crippen molar-refractivity contribution in [2.45, 2.75) is 18.9 Å². The number of hydrogen-bond acceptors (Lipinski definition) is 6. The van der Waals surface area contributed by atoms with E-state index in [9.17, 15) is 4.79 Å². The largest absolute Gasteiger partial charge is 0.493 e. The number of carbonyl (C=O) groups is 1. The van der Waals surface area contributed by atoms with Crippen LogP contribution in [0.5, 0.6) is 17.2 Å². The Morgan fingerprint density at radius 2 is 1.76 bits per heavy atom. The highest BCUT2D eigenvalue weighted by Gasteiger charge is 2.20. The molecule has 34 heavy (non-hydrogen) atoms. The zero-order chi connectivity index (χ0) is 23.9. The Morgan fingerprint density at radius 3 is 2.56 bits per heavy atom. The van der Waals surface area contributed by atoms with Gasteiger partial charge in [-0.1, -0.05) is 36.4 Å². The average Bonchev–Trinajstić information content (AvgIpc) is 3.30. The molecule has 0 aliphatic heterocycles. The predicted octanol–water partition coefficient (Wildman–Crippen LogP) is 5.40. The minimum atomic E-state index is -0.526. The Balaban J connectivity index is 1.58. The third-order valence-electron chi connectivity index (χ3n) is 5.71. The van der Waals surface area contributed by atoms with Crippen LogP contribution in [0.3, 0.4) is 0 Å². The van der Waals surface area contributed by atoms with E-state index in [-0.39, 0.29) is 6.04 Å². The van der Waals surface area contributed by atoms with Crippen molar-refractivity contribution in [1.82, 2.24) is 0 Å². The van der Waals surface area contributed by atoms with Gasteiger partial charge in [-0.25, -0.2) is 4.79 Å². The standard InChI is InChI=1S/C28H27NO5/c1-31-25-14-12-21(16-27(25)32-2)26(17-28(30)33-3)34-22-9-6-7-19(15-22)18-29-24-13-11-20-8-4-5-10-23(20)24/h4-10,12,14-18,24H,11,13H2,1-3H3/b26-17-,29-18?/t24-/m1/s1. The van der Waals surface area contributed by atoms with Crippen LogP contribution in [0, 0.1) is 0 Å². The van der Waals surface area contributed by atoms with Crippen LogP contribution in [-0.4, -0.2) is 33.5 Å². The van der Waals surface area contributed by atoms with E-state index in [4.69, 9.17) is 23.9 Å². The molecule has 6 heteroatoms. The second-order valence-corrected chi connectivity index (χ2v) is 7.81. The normalized spacial score (nSPS) is 15.1. The fraction of sp³-hybridized carbons (Fsp3) is 0.214. The maximum absolute atomic E-state index is 12.0. The van der Waals surface area contributed by atoms with Gasteiger partial charge in [0.25, 0.3) is 0 Å². The summed E-state index contributed by atoms with van der Waals surface area (Å²) in [5, 5.41) is 0. The second-order valence-electron chi connectivity index (χ2n) is 7.81. The first-order chi connectivity index (χ1) is 16.6. The van der Waals surface area contributed by atoms with Gasteiger partial charge in [-0.05, 0) is 59.9 Å². The van der Waals surface area contributed by atoms with E-state index in [0.717, 1.165) is 18.4 Å². The van der Waals surface area contributed by atoms with Crippen molar-refractivity contribution in [3.05, 3.63) is 95.1 Å². The van der Waals surface area contributed by atoms with Gasteiger partial charge < -0.3 is 18.9 Å². The van der Waals surface area contributed by atoms with Crippen molar-refractivity contribution in [1.29, 1.82) is 0 Å². The lowest BCUT2D eigenvalue weighted by Gasteiger charge is -2.14. The summed E-state index contributed by atoms with van der Waals surface area (Å²) in [7, 11) is 4.44. The van der Waals surface area contributed by atoms with Crippen LogP contribution in [0.4, 0.5) is 0 Å². The van der Waals surface area contributed by atoms with Gasteiger partial charge in [0.05, 0.1) is 33.4 Å². The van der Waals surface area contributed by atoms with E-state index in [1.807, 2.05) is 30.5 Å². The lowest BCUT2D eigenvalue weighted by molar-refractivity contribution is -0.134. The lowest BCUT2D eigenvalue weighted by Crippen LogP contribution is -2.03. The molecule has 0 heterocycles. The van der Waals surface area contributed by atoms with Crippen molar-refractivity contribution < 1.29 is 23.7 Å². The molecule has 6 nitrogen and oxygen atoms in total. The van der Waals surface area contributed by atoms with Gasteiger partial charge in [0.2, 0.25) is 0 Å². The molecule has 1 aliphatic rings. The second kappa shape index (κ2) is 10.7. The fourth-order valence-corrected chi connectivity index (χ4v) is 3.98. The van der Waals surface area contributed by atoms with Gasteiger partial charge in [-0.15, -0.1) is 0 Å². The Kier molecular flexibility index (Phi) is 7.28. The van der Waals surface area contributed by atoms with Crippen molar-refractivity contribution in [2.24, 2.45) is 4.99 Å². The third kappa shape index (κ3) is 5.29. The van der Waals surface area contributed by atoms with Gasteiger partial charge in [-0.2, -0.15) is 0 Å². The first kappa shape index (κ1) is 23.1. The minimum Gasteiger partial charge on any atom is -0.493 e. The highest BCUT2D eigenvalue weighted by molar-refractivity contribution is 5.90. The van der Waals surface area contributed by atoms with Crippen LogP contribution < -0.4 is 14.2 Å². The van der Waals surface area contributed by atoms with Gasteiger partial charge >= 0.3 is 5.97 Å². The minimum absolute atomic E-state index is 0.169. The number of ether oxygens (including phenoxy) is 4. The zero-order valence-electron chi connectivity index (χ0n) is 19.5. The molecule has 1 atom stereocenters. The highest BCUT2D eigenvalue weighted by atomic mass is 16.5. The van der Waals surface area contributed by atoms with Gasteiger partial charge in [-0.3, -0.25) is 4.99 Å². The molecule has 3 aromatic rings. The maximum atomic E-state index is 12.0. The first-order valence-corrected chi connectivity index (χ1v) is 11.0. The Hall–Kier alpha value is -4.06. The first-order valence-electron chi connectivity index (χ1n) is 11.0. The molecule has 0 saturated heterocycles. The number of rotatable bonds is 8. The highest BCUT2D eigenvalue weighted by Crippen LogP contribution is 2.34. The number of benzene rings is 3. The van der Waals surface area contributed by atoms with Crippen LogP contribution >= 0.6 is 0 Å². The molecule has 4 rings (SSSR count). The summed E-state index contributed by atoms with van der Waals surface area (Å²) in [6.07, 6.45) is 5.24. The molecule has 0 aromatic heterocycles. The van der Waals surface area contributed by atoms with Crippen LogP contribution in [0.1, 0.15) is 34.7 Å². The molecular formula is C28H27NO5. The van der Waals surface area contributed by atoms with E-state index < -0.39 is 5.97 Å². The van der Waals surface area contributed by atoms with Crippen LogP contribution in [0.2, 0.25) is 0 Å². The number of hydrogen-bond donors (Lipinski definition) is 0. The molecule has 0 bridgehead atoms. The summed E-state index contributed by atoms with van der Waals surface area (Å²) in [6, 6.07) is 21.5. The van der Waals surface area contributed by atoms with Crippen LogP contribution in [-0.2, 0) is 16.0 Å². The van der Waals surface area contributed by atoms with Gasteiger partial charge in [0, 0.05) is 11.8 Å². The number of aryl methyl sites for hydroxylation is 1. The van der Waals surface area contributed by atoms with Crippen molar-refractivity contribution >= 4 is 17.9 Å². The molecule has 1 aliphatic carbocycles. The molecular weight excluding hydrogens is 430 g/mol. The Morgan fingerprint density at radius 1 is 0.941 bits per heavy atom. The quantitative estimate of drug-likeness (QED) is 0.196. The van der Waals surface area contributed by atoms with Crippen LogP contribution in [0.25, 0.3) is 5.76 Å². The summed E-state index contributed by atoms with van der Waals surface area (Å²) in [6.45, 7) is 0. The number of fused-ring (bicyclic) bond motifs is 1. The molecule has 0 unspecified atom stereocenters. The summed E-state index contributed by atoms with van der Waals surface area (Å²) in [5.74, 6) is 1.47.